The number of carbonyl (C=O) groups is 1. The van der Waals surface area contributed by atoms with E-state index >= 15 is 0 Å². The molecule has 0 aliphatic rings. The Morgan fingerprint density at radius 3 is 2.64 bits per heavy atom. The van der Waals surface area contributed by atoms with Crippen LogP contribution in [-0.4, -0.2) is 46.2 Å². The molecule has 146 valence electrons. The molecule has 8 nitrogen and oxygen atoms in total. The minimum absolute atomic E-state index is 0.0944. The van der Waals surface area contributed by atoms with E-state index < -0.39 is 0 Å². The van der Waals surface area contributed by atoms with E-state index in [1.807, 2.05) is 18.2 Å². The van der Waals surface area contributed by atoms with Gasteiger partial charge >= 0.3 is 0 Å². The average molecular weight is 382 g/mol. The predicted octanol–water partition coefficient (Wildman–Crippen LogP) is 2.64. The maximum Gasteiger partial charge on any atom is 0.254 e. The van der Waals surface area contributed by atoms with Gasteiger partial charge < -0.3 is 18.9 Å². The SMILES string of the molecule is COCCN(Cc1ccccn1)C(=O)c1ccc(OCc2noc(C)n2)cc1. The molecule has 8 heteroatoms. The molecule has 0 bridgehead atoms. The second-order valence-electron chi connectivity index (χ2n) is 6.08. The van der Waals surface area contributed by atoms with Crippen molar-refractivity contribution in [3.8, 4) is 5.75 Å². The number of aryl methyl sites for hydroxylation is 1. The van der Waals surface area contributed by atoms with E-state index in [9.17, 15) is 4.79 Å². The highest BCUT2D eigenvalue weighted by Crippen LogP contribution is 2.16. The highest BCUT2D eigenvalue weighted by Gasteiger charge is 2.17. The summed E-state index contributed by atoms with van der Waals surface area (Å²) in [6, 6.07) is 12.6. The lowest BCUT2D eigenvalue weighted by molar-refractivity contribution is 0.0678. The first kappa shape index (κ1) is 19.5. The zero-order valence-corrected chi connectivity index (χ0v) is 15.9. The molecule has 0 saturated carbocycles. The van der Waals surface area contributed by atoms with Crippen LogP contribution in [0.5, 0.6) is 5.75 Å². The summed E-state index contributed by atoms with van der Waals surface area (Å²) in [6.07, 6.45) is 1.71. The first-order valence-electron chi connectivity index (χ1n) is 8.86. The van der Waals surface area contributed by atoms with Crippen LogP contribution in [0.4, 0.5) is 0 Å². The normalized spacial score (nSPS) is 10.6. The number of aromatic nitrogens is 3. The molecule has 1 aromatic carbocycles. The van der Waals surface area contributed by atoms with Gasteiger partial charge in [-0.05, 0) is 36.4 Å². The predicted molar refractivity (Wildman–Crippen MR) is 101 cm³/mol. The summed E-state index contributed by atoms with van der Waals surface area (Å²) >= 11 is 0. The van der Waals surface area contributed by atoms with Gasteiger partial charge in [0.25, 0.3) is 5.91 Å². The fourth-order valence-corrected chi connectivity index (χ4v) is 2.57. The van der Waals surface area contributed by atoms with Gasteiger partial charge in [-0.3, -0.25) is 9.78 Å². The number of ether oxygens (including phenoxy) is 2. The van der Waals surface area contributed by atoms with Crippen LogP contribution in [0.25, 0.3) is 0 Å². The largest absolute Gasteiger partial charge is 0.485 e. The fourth-order valence-electron chi connectivity index (χ4n) is 2.57. The Bertz CT molecular complexity index is 881. The minimum atomic E-state index is -0.0944. The molecule has 1 amide bonds. The van der Waals surface area contributed by atoms with Crippen molar-refractivity contribution in [3.63, 3.8) is 0 Å². The number of rotatable bonds is 9. The van der Waals surface area contributed by atoms with Crippen LogP contribution in [0.3, 0.4) is 0 Å². The van der Waals surface area contributed by atoms with Crippen LogP contribution in [-0.2, 0) is 17.9 Å². The van der Waals surface area contributed by atoms with Gasteiger partial charge in [-0.25, -0.2) is 0 Å². The van der Waals surface area contributed by atoms with Gasteiger partial charge in [-0.2, -0.15) is 4.98 Å². The monoisotopic (exact) mass is 382 g/mol. The van der Waals surface area contributed by atoms with Crippen molar-refractivity contribution in [2.45, 2.75) is 20.1 Å². The van der Waals surface area contributed by atoms with Crippen molar-refractivity contribution < 1.29 is 18.8 Å². The second-order valence-corrected chi connectivity index (χ2v) is 6.08. The summed E-state index contributed by atoms with van der Waals surface area (Å²) < 4.78 is 15.7. The number of hydrogen-bond acceptors (Lipinski definition) is 7. The Labute approximate surface area is 163 Å². The number of pyridine rings is 1. The lowest BCUT2D eigenvalue weighted by atomic mass is 10.2. The Morgan fingerprint density at radius 2 is 2.00 bits per heavy atom. The first-order valence-corrected chi connectivity index (χ1v) is 8.86. The van der Waals surface area contributed by atoms with E-state index in [0.717, 1.165) is 5.69 Å². The molecule has 0 saturated heterocycles. The number of carbonyl (C=O) groups excluding carboxylic acids is 1. The van der Waals surface area contributed by atoms with Crippen LogP contribution in [0.2, 0.25) is 0 Å². The molecule has 0 fully saturated rings. The van der Waals surface area contributed by atoms with Crippen molar-refractivity contribution in [3.05, 3.63) is 71.6 Å². The van der Waals surface area contributed by atoms with E-state index in [0.29, 0.717) is 42.7 Å². The van der Waals surface area contributed by atoms with Gasteiger partial charge in [0.05, 0.1) is 18.8 Å². The van der Waals surface area contributed by atoms with Crippen molar-refractivity contribution >= 4 is 5.91 Å². The summed E-state index contributed by atoms with van der Waals surface area (Å²) in [5.74, 6) is 1.48. The molecule has 3 aromatic rings. The quantitative estimate of drug-likeness (QED) is 0.562. The van der Waals surface area contributed by atoms with E-state index in [2.05, 4.69) is 15.1 Å². The zero-order chi connectivity index (χ0) is 19.8. The molecule has 3 rings (SSSR count). The van der Waals surface area contributed by atoms with Crippen LogP contribution in [0, 0.1) is 6.92 Å². The number of methoxy groups -OCH3 is 1. The van der Waals surface area contributed by atoms with Crippen molar-refractivity contribution in [2.75, 3.05) is 20.3 Å². The molecule has 2 heterocycles. The smallest absolute Gasteiger partial charge is 0.254 e. The second kappa shape index (κ2) is 9.61. The molecular formula is C20H22N4O4. The van der Waals surface area contributed by atoms with Crippen LogP contribution in [0.1, 0.15) is 27.8 Å². The van der Waals surface area contributed by atoms with Gasteiger partial charge in [0.1, 0.15) is 5.75 Å². The molecular weight excluding hydrogens is 360 g/mol. The number of hydrogen-bond donors (Lipinski definition) is 0. The lowest BCUT2D eigenvalue weighted by Crippen LogP contribution is -2.33. The van der Waals surface area contributed by atoms with Gasteiger partial charge in [0.15, 0.2) is 6.61 Å². The molecule has 2 aromatic heterocycles. The lowest BCUT2D eigenvalue weighted by Gasteiger charge is -2.22. The minimum Gasteiger partial charge on any atom is -0.485 e. The highest BCUT2D eigenvalue weighted by molar-refractivity contribution is 5.94. The molecule has 0 unspecified atom stereocenters. The van der Waals surface area contributed by atoms with E-state index in [1.54, 1.807) is 49.4 Å². The Morgan fingerprint density at radius 1 is 1.18 bits per heavy atom. The van der Waals surface area contributed by atoms with Crippen molar-refractivity contribution in [2.24, 2.45) is 0 Å². The van der Waals surface area contributed by atoms with E-state index in [-0.39, 0.29) is 12.5 Å². The topological polar surface area (TPSA) is 90.6 Å². The van der Waals surface area contributed by atoms with Crippen LogP contribution in [0.15, 0.2) is 53.2 Å². The Hall–Kier alpha value is -3.26. The number of benzene rings is 1. The standard InChI is InChI=1S/C20H22N4O4/c1-15-22-19(23-28-15)14-27-18-8-6-16(7-9-18)20(25)24(11-12-26-2)13-17-5-3-4-10-21-17/h3-10H,11-14H2,1-2H3. The summed E-state index contributed by atoms with van der Waals surface area (Å²) in [4.78, 5) is 23.0. The Kier molecular flexibility index (Phi) is 6.69. The molecule has 0 aliphatic carbocycles. The molecule has 0 spiro atoms. The van der Waals surface area contributed by atoms with Crippen LogP contribution >= 0.6 is 0 Å². The van der Waals surface area contributed by atoms with Crippen molar-refractivity contribution in [1.29, 1.82) is 0 Å². The van der Waals surface area contributed by atoms with Gasteiger partial charge in [0, 0.05) is 32.3 Å². The fraction of sp³-hybridized carbons (Fsp3) is 0.300. The molecule has 0 N–H and O–H groups in total. The van der Waals surface area contributed by atoms with Gasteiger partial charge in [-0.1, -0.05) is 11.2 Å². The highest BCUT2D eigenvalue weighted by atomic mass is 16.5. The van der Waals surface area contributed by atoms with E-state index in [1.165, 1.54) is 0 Å². The average Bonchev–Trinajstić information content (AvgIpc) is 3.15. The van der Waals surface area contributed by atoms with Gasteiger partial charge in [0.2, 0.25) is 11.7 Å². The third kappa shape index (κ3) is 5.37. The summed E-state index contributed by atoms with van der Waals surface area (Å²) in [5.41, 5.74) is 1.39. The molecule has 0 radical (unpaired) electrons. The maximum absolute atomic E-state index is 12.9. The van der Waals surface area contributed by atoms with E-state index in [4.69, 9.17) is 14.0 Å². The molecule has 0 aliphatic heterocycles. The first-order chi connectivity index (χ1) is 13.7. The third-order valence-corrected chi connectivity index (χ3v) is 3.97. The Balaban J connectivity index is 1.64. The summed E-state index contributed by atoms with van der Waals surface area (Å²) in [7, 11) is 1.61. The van der Waals surface area contributed by atoms with Gasteiger partial charge in [-0.15, -0.1) is 0 Å². The number of amides is 1. The zero-order valence-electron chi connectivity index (χ0n) is 15.9. The molecule has 0 atom stereocenters. The maximum atomic E-state index is 12.9. The number of nitrogens with zero attached hydrogens (tertiary/aromatic N) is 4. The van der Waals surface area contributed by atoms with Crippen LogP contribution < -0.4 is 4.74 Å². The summed E-state index contributed by atoms with van der Waals surface area (Å²) in [5, 5.41) is 3.78. The molecule has 28 heavy (non-hydrogen) atoms. The summed E-state index contributed by atoms with van der Waals surface area (Å²) in [6.45, 7) is 3.26. The third-order valence-electron chi connectivity index (χ3n) is 3.97. The van der Waals surface area contributed by atoms with Crippen molar-refractivity contribution in [1.82, 2.24) is 20.0 Å².